The molecule has 1 fully saturated rings. The molecule has 1 aliphatic heterocycles. The molecule has 1 unspecified atom stereocenters. The molecule has 1 saturated heterocycles. The lowest BCUT2D eigenvalue weighted by atomic mass is 10.0. The van der Waals surface area contributed by atoms with E-state index in [1.807, 2.05) is 19.1 Å². The summed E-state index contributed by atoms with van der Waals surface area (Å²) >= 11 is 0. The van der Waals surface area contributed by atoms with Gasteiger partial charge in [0.1, 0.15) is 5.75 Å². The summed E-state index contributed by atoms with van der Waals surface area (Å²) in [4.78, 5) is 4.27. The van der Waals surface area contributed by atoms with E-state index in [9.17, 15) is 0 Å². The normalized spacial score (nSPS) is 18.9. The molecule has 2 rings (SSSR count). The zero-order valence-electron chi connectivity index (χ0n) is 10.3. The fourth-order valence-corrected chi connectivity index (χ4v) is 1.87. The molecule has 4 heteroatoms. The number of aromatic nitrogens is 1. The van der Waals surface area contributed by atoms with Crippen molar-refractivity contribution in [2.24, 2.45) is 11.7 Å². The fraction of sp³-hybridized carbons (Fsp3) is 0.615. The average molecular weight is 236 g/mol. The first kappa shape index (κ1) is 12.3. The van der Waals surface area contributed by atoms with Crippen molar-refractivity contribution in [3.05, 3.63) is 24.0 Å². The van der Waals surface area contributed by atoms with Crippen molar-refractivity contribution in [1.29, 1.82) is 0 Å². The number of rotatable bonds is 4. The molecule has 4 nitrogen and oxygen atoms in total. The third-order valence-corrected chi connectivity index (χ3v) is 3.05. The molecule has 0 aromatic carbocycles. The van der Waals surface area contributed by atoms with Crippen LogP contribution < -0.4 is 10.5 Å². The summed E-state index contributed by atoms with van der Waals surface area (Å²) in [6.45, 7) is 4.39. The smallest absolute Gasteiger partial charge is 0.137 e. The fourth-order valence-electron chi connectivity index (χ4n) is 1.87. The van der Waals surface area contributed by atoms with E-state index in [2.05, 4.69) is 4.98 Å². The lowest BCUT2D eigenvalue weighted by Crippen LogP contribution is -2.21. The molecule has 2 heterocycles. The van der Waals surface area contributed by atoms with E-state index in [0.29, 0.717) is 5.92 Å². The Kier molecular flexibility index (Phi) is 4.34. The average Bonchev–Trinajstić information content (AvgIpc) is 2.38. The van der Waals surface area contributed by atoms with E-state index in [1.54, 1.807) is 6.20 Å². The van der Waals surface area contributed by atoms with Gasteiger partial charge in [-0.3, -0.25) is 4.98 Å². The molecule has 0 saturated carbocycles. The predicted octanol–water partition coefficient (Wildman–Crippen LogP) is 1.91. The number of ether oxygens (including phenoxy) is 2. The Morgan fingerprint density at radius 2 is 2.24 bits per heavy atom. The molecular formula is C13H20N2O2. The van der Waals surface area contributed by atoms with Crippen LogP contribution in [0.5, 0.6) is 5.75 Å². The second-order valence-corrected chi connectivity index (χ2v) is 4.57. The Hall–Kier alpha value is -1.13. The Balaban J connectivity index is 1.82. The summed E-state index contributed by atoms with van der Waals surface area (Å²) in [5.41, 5.74) is 6.63. The van der Waals surface area contributed by atoms with Crippen LogP contribution in [0, 0.1) is 5.92 Å². The first-order valence-corrected chi connectivity index (χ1v) is 6.18. The van der Waals surface area contributed by atoms with Crippen LogP contribution >= 0.6 is 0 Å². The molecular weight excluding hydrogens is 216 g/mol. The summed E-state index contributed by atoms with van der Waals surface area (Å²) in [6, 6.07) is 3.83. The van der Waals surface area contributed by atoms with Gasteiger partial charge >= 0.3 is 0 Å². The molecule has 1 aromatic rings. The minimum atomic E-state index is -0.0282. The number of nitrogens with zero attached hydrogens (tertiary/aromatic N) is 1. The van der Waals surface area contributed by atoms with Crippen LogP contribution in [-0.4, -0.2) is 24.8 Å². The third-order valence-electron chi connectivity index (χ3n) is 3.05. The van der Waals surface area contributed by atoms with Crippen molar-refractivity contribution in [1.82, 2.24) is 4.98 Å². The maximum absolute atomic E-state index is 5.74. The van der Waals surface area contributed by atoms with Crippen molar-refractivity contribution in [2.45, 2.75) is 25.8 Å². The van der Waals surface area contributed by atoms with Crippen LogP contribution in [0.2, 0.25) is 0 Å². The van der Waals surface area contributed by atoms with E-state index < -0.39 is 0 Å². The lowest BCUT2D eigenvalue weighted by Gasteiger charge is -2.22. The molecule has 0 radical (unpaired) electrons. The van der Waals surface area contributed by atoms with Gasteiger partial charge in [-0.25, -0.2) is 0 Å². The van der Waals surface area contributed by atoms with Gasteiger partial charge < -0.3 is 15.2 Å². The van der Waals surface area contributed by atoms with Gasteiger partial charge in [-0.05, 0) is 37.8 Å². The maximum atomic E-state index is 5.74. The highest BCUT2D eigenvalue weighted by atomic mass is 16.5. The van der Waals surface area contributed by atoms with Gasteiger partial charge in [-0.2, -0.15) is 0 Å². The molecule has 2 N–H and O–H groups in total. The Bertz CT molecular complexity index is 332. The van der Waals surface area contributed by atoms with Crippen LogP contribution in [0.4, 0.5) is 0 Å². The molecule has 0 aliphatic carbocycles. The van der Waals surface area contributed by atoms with Crippen LogP contribution in [0.25, 0.3) is 0 Å². The van der Waals surface area contributed by atoms with Gasteiger partial charge in [0.25, 0.3) is 0 Å². The quantitative estimate of drug-likeness (QED) is 0.867. The van der Waals surface area contributed by atoms with Crippen LogP contribution in [-0.2, 0) is 4.74 Å². The summed E-state index contributed by atoms with van der Waals surface area (Å²) in [5, 5.41) is 0. The highest BCUT2D eigenvalue weighted by molar-refractivity contribution is 5.21. The zero-order chi connectivity index (χ0) is 12.1. The number of pyridine rings is 1. The third kappa shape index (κ3) is 3.68. The Morgan fingerprint density at radius 1 is 1.47 bits per heavy atom. The van der Waals surface area contributed by atoms with Gasteiger partial charge in [0.2, 0.25) is 0 Å². The van der Waals surface area contributed by atoms with Gasteiger partial charge in [0.05, 0.1) is 18.5 Å². The highest BCUT2D eigenvalue weighted by Gasteiger charge is 2.14. The van der Waals surface area contributed by atoms with Crippen LogP contribution in [0.15, 0.2) is 18.3 Å². The highest BCUT2D eigenvalue weighted by Crippen LogP contribution is 2.18. The van der Waals surface area contributed by atoms with Crippen molar-refractivity contribution in [3.63, 3.8) is 0 Å². The second kappa shape index (κ2) is 5.98. The number of hydrogen-bond donors (Lipinski definition) is 1. The maximum Gasteiger partial charge on any atom is 0.137 e. The SMILES string of the molecule is CC(N)c1ccc(OCC2CCOCC2)cn1. The van der Waals surface area contributed by atoms with Crippen molar-refractivity contribution >= 4 is 0 Å². The van der Waals surface area contributed by atoms with Gasteiger partial charge in [0.15, 0.2) is 0 Å². The molecule has 0 bridgehead atoms. The van der Waals surface area contributed by atoms with Crippen molar-refractivity contribution in [3.8, 4) is 5.75 Å². The molecule has 1 atom stereocenters. The van der Waals surface area contributed by atoms with Gasteiger partial charge in [-0.15, -0.1) is 0 Å². The zero-order valence-corrected chi connectivity index (χ0v) is 10.3. The van der Waals surface area contributed by atoms with Crippen LogP contribution in [0.3, 0.4) is 0 Å². The predicted molar refractivity (Wildman–Crippen MR) is 65.9 cm³/mol. The molecule has 17 heavy (non-hydrogen) atoms. The monoisotopic (exact) mass is 236 g/mol. The van der Waals surface area contributed by atoms with Crippen molar-refractivity contribution in [2.75, 3.05) is 19.8 Å². The molecule has 0 spiro atoms. The number of hydrogen-bond acceptors (Lipinski definition) is 4. The summed E-state index contributed by atoms with van der Waals surface area (Å²) in [7, 11) is 0. The Labute approximate surface area is 102 Å². The summed E-state index contributed by atoms with van der Waals surface area (Å²) < 4.78 is 11.0. The van der Waals surface area contributed by atoms with Gasteiger partial charge in [0, 0.05) is 19.3 Å². The van der Waals surface area contributed by atoms with E-state index in [0.717, 1.165) is 44.1 Å². The van der Waals surface area contributed by atoms with Crippen molar-refractivity contribution < 1.29 is 9.47 Å². The molecule has 1 aromatic heterocycles. The van der Waals surface area contributed by atoms with E-state index >= 15 is 0 Å². The minimum absolute atomic E-state index is 0.0282. The summed E-state index contributed by atoms with van der Waals surface area (Å²) in [6.07, 6.45) is 3.93. The molecule has 1 aliphatic rings. The first-order valence-electron chi connectivity index (χ1n) is 6.18. The second-order valence-electron chi connectivity index (χ2n) is 4.57. The van der Waals surface area contributed by atoms with E-state index in [4.69, 9.17) is 15.2 Å². The molecule has 0 amide bonds. The van der Waals surface area contributed by atoms with Gasteiger partial charge in [-0.1, -0.05) is 0 Å². The first-order chi connectivity index (χ1) is 8.25. The standard InChI is InChI=1S/C13H20N2O2/c1-10(14)13-3-2-12(8-15-13)17-9-11-4-6-16-7-5-11/h2-3,8,10-11H,4-7,9,14H2,1H3. The molecule has 94 valence electrons. The van der Waals surface area contributed by atoms with E-state index in [1.165, 1.54) is 0 Å². The lowest BCUT2D eigenvalue weighted by molar-refractivity contribution is 0.0497. The minimum Gasteiger partial charge on any atom is -0.492 e. The largest absolute Gasteiger partial charge is 0.492 e. The topological polar surface area (TPSA) is 57.4 Å². The van der Waals surface area contributed by atoms with Crippen LogP contribution in [0.1, 0.15) is 31.5 Å². The summed E-state index contributed by atoms with van der Waals surface area (Å²) in [5.74, 6) is 1.43. The number of nitrogens with two attached hydrogens (primary N) is 1. The Morgan fingerprint density at radius 3 is 2.82 bits per heavy atom. The van der Waals surface area contributed by atoms with E-state index in [-0.39, 0.29) is 6.04 Å².